The Hall–Kier alpha value is -3.29. The van der Waals surface area contributed by atoms with E-state index in [1.165, 1.54) is 12.1 Å². The first-order chi connectivity index (χ1) is 15.8. The van der Waals surface area contributed by atoms with Crippen LogP contribution in [0.1, 0.15) is 6.42 Å². The van der Waals surface area contributed by atoms with E-state index in [0.29, 0.717) is 5.69 Å². The van der Waals surface area contributed by atoms with Crippen molar-refractivity contribution in [3.8, 4) is 22.5 Å². The molecule has 5 rings (SSSR count). The highest BCUT2D eigenvalue weighted by Gasteiger charge is 2.13. The van der Waals surface area contributed by atoms with Gasteiger partial charge in [0.05, 0.1) is 24.6 Å². The Bertz CT molecular complexity index is 1190. The summed E-state index contributed by atoms with van der Waals surface area (Å²) in [5.41, 5.74) is 4.06. The Kier molecular flexibility index (Phi) is 6.09. The van der Waals surface area contributed by atoms with Crippen molar-refractivity contribution < 1.29 is 9.13 Å². The number of nitrogens with zero attached hydrogens (tertiary/aromatic N) is 4. The van der Waals surface area contributed by atoms with Crippen LogP contribution in [0.15, 0.2) is 66.7 Å². The number of nitrogens with one attached hydrogen (secondary N) is 1. The standard InChI is InChI=1S/C25H26FN5O/c26-21-9-4-8-20(16-21)23-18-25-28-22(19-6-2-1-3-7-19)17-24(31(25)29-23)27-10-5-11-30-12-14-32-15-13-30/h1-4,6-9,16-18,27H,5,10-15H2. The number of hydrogen-bond donors (Lipinski definition) is 1. The van der Waals surface area contributed by atoms with Crippen molar-refractivity contribution in [3.63, 3.8) is 0 Å². The highest BCUT2D eigenvalue weighted by atomic mass is 19.1. The molecule has 1 aliphatic rings. The maximum absolute atomic E-state index is 13.8. The molecule has 1 saturated heterocycles. The van der Waals surface area contributed by atoms with E-state index in [9.17, 15) is 4.39 Å². The van der Waals surface area contributed by atoms with Crippen LogP contribution in [0.25, 0.3) is 28.2 Å². The summed E-state index contributed by atoms with van der Waals surface area (Å²) in [5.74, 6) is 0.595. The van der Waals surface area contributed by atoms with Crippen LogP contribution >= 0.6 is 0 Å². The molecule has 0 atom stereocenters. The molecule has 0 radical (unpaired) electrons. The van der Waals surface area contributed by atoms with Crippen molar-refractivity contribution in [1.82, 2.24) is 19.5 Å². The summed E-state index contributed by atoms with van der Waals surface area (Å²) in [6.07, 6.45) is 1.02. The van der Waals surface area contributed by atoms with Crippen LogP contribution in [-0.4, -0.2) is 58.9 Å². The fourth-order valence-corrected chi connectivity index (χ4v) is 3.99. The van der Waals surface area contributed by atoms with Crippen LogP contribution in [0.5, 0.6) is 0 Å². The topological polar surface area (TPSA) is 54.7 Å². The average molecular weight is 432 g/mol. The number of rotatable bonds is 7. The van der Waals surface area contributed by atoms with Gasteiger partial charge in [-0.15, -0.1) is 0 Å². The van der Waals surface area contributed by atoms with E-state index in [4.69, 9.17) is 14.8 Å². The fraction of sp³-hybridized carbons (Fsp3) is 0.280. The quantitative estimate of drug-likeness (QED) is 0.441. The third kappa shape index (κ3) is 4.64. The minimum Gasteiger partial charge on any atom is -0.379 e. The molecular weight excluding hydrogens is 405 g/mol. The summed E-state index contributed by atoms with van der Waals surface area (Å²) < 4.78 is 21.0. The van der Waals surface area contributed by atoms with Gasteiger partial charge < -0.3 is 10.1 Å². The highest BCUT2D eigenvalue weighted by molar-refractivity contribution is 5.70. The van der Waals surface area contributed by atoms with E-state index >= 15 is 0 Å². The molecule has 0 amide bonds. The maximum Gasteiger partial charge on any atom is 0.158 e. The number of fused-ring (bicyclic) bond motifs is 1. The summed E-state index contributed by atoms with van der Waals surface area (Å²) in [4.78, 5) is 7.25. The highest BCUT2D eigenvalue weighted by Crippen LogP contribution is 2.26. The molecule has 32 heavy (non-hydrogen) atoms. The van der Waals surface area contributed by atoms with Crippen molar-refractivity contribution >= 4 is 11.5 Å². The van der Waals surface area contributed by atoms with Crippen molar-refractivity contribution in [2.24, 2.45) is 0 Å². The van der Waals surface area contributed by atoms with Crippen molar-refractivity contribution in [3.05, 3.63) is 72.5 Å². The lowest BCUT2D eigenvalue weighted by Crippen LogP contribution is -2.37. The molecule has 0 bridgehead atoms. The van der Waals surface area contributed by atoms with Crippen LogP contribution < -0.4 is 5.32 Å². The van der Waals surface area contributed by atoms with Crippen molar-refractivity contribution in [2.75, 3.05) is 44.7 Å². The molecule has 3 heterocycles. The van der Waals surface area contributed by atoms with Gasteiger partial charge in [-0.05, 0) is 25.1 Å². The van der Waals surface area contributed by atoms with Crippen LogP contribution in [-0.2, 0) is 4.74 Å². The van der Waals surface area contributed by atoms with Crippen LogP contribution in [0.4, 0.5) is 10.2 Å². The third-order valence-corrected chi connectivity index (χ3v) is 5.68. The average Bonchev–Trinajstić information content (AvgIpc) is 3.28. The second-order valence-electron chi connectivity index (χ2n) is 7.94. The summed E-state index contributed by atoms with van der Waals surface area (Å²) in [5, 5.41) is 8.27. The van der Waals surface area contributed by atoms with E-state index in [-0.39, 0.29) is 5.82 Å². The minimum absolute atomic E-state index is 0.279. The molecule has 164 valence electrons. The van der Waals surface area contributed by atoms with Crippen LogP contribution in [0.2, 0.25) is 0 Å². The number of morpholine rings is 1. The molecule has 1 aliphatic heterocycles. The molecule has 0 unspecified atom stereocenters. The summed E-state index contributed by atoms with van der Waals surface area (Å²) in [7, 11) is 0. The minimum atomic E-state index is -0.279. The molecule has 0 spiro atoms. The molecule has 1 N–H and O–H groups in total. The Balaban J connectivity index is 1.43. The van der Waals surface area contributed by atoms with Crippen molar-refractivity contribution in [2.45, 2.75) is 6.42 Å². The lowest BCUT2D eigenvalue weighted by atomic mass is 10.1. The normalized spacial score (nSPS) is 14.7. The number of aromatic nitrogens is 3. The van der Waals surface area contributed by atoms with Gasteiger partial charge in [0.2, 0.25) is 0 Å². The van der Waals surface area contributed by atoms with Gasteiger partial charge in [0.1, 0.15) is 11.6 Å². The molecule has 4 aromatic rings. The Morgan fingerprint density at radius 2 is 1.72 bits per heavy atom. The lowest BCUT2D eigenvalue weighted by Gasteiger charge is -2.26. The second kappa shape index (κ2) is 9.46. The van der Waals surface area contributed by atoms with Gasteiger partial charge in [-0.3, -0.25) is 4.90 Å². The molecule has 1 fully saturated rings. The zero-order valence-corrected chi connectivity index (χ0v) is 17.9. The zero-order valence-electron chi connectivity index (χ0n) is 17.9. The first kappa shape index (κ1) is 20.6. The predicted octanol–water partition coefficient (Wildman–Crippen LogP) is 4.34. The third-order valence-electron chi connectivity index (χ3n) is 5.68. The van der Waals surface area contributed by atoms with Gasteiger partial charge in [-0.2, -0.15) is 9.61 Å². The second-order valence-corrected chi connectivity index (χ2v) is 7.94. The summed E-state index contributed by atoms with van der Waals surface area (Å²) in [6, 6.07) is 20.5. The first-order valence-corrected chi connectivity index (χ1v) is 11.0. The number of halogens is 1. The smallest absolute Gasteiger partial charge is 0.158 e. The van der Waals surface area contributed by atoms with Crippen LogP contribution in [0.3, 0.4) is 0 Å². The molecule has 0 aliphatic carbocycles. The predicted molar refractivity (Wildman–Crippen MR) is 124 cm³/mol. The van der Waals surface area contributed by atoms with E-state index < -0.39 is 0 Å². The lowest BCUT2D eigenvalue weighted by molar-refractivity contribution is 0.0378. The van der Waals surface area contributed by atoms with E-state index in [1.807, 2.05) is 48.5 Å². The number of anilines is 1. The molecule has 6 nitrogen and oxygen atoms in total. The molecule has 7 heteroatoms. The summed E-state index contributed by atoms with van der Waals surface area (Å²) in [6.45, 7) is 5.47. The van der Waals surface area contributed by atoms with Crippen molar-refractivity contribution in [1.29, 1.82) is 0 Å². The zero-order chi connectivity index (χ0) is 21.8. The molecule has 0 saturated carbocycles. The monoisotopic (exact) mass is 431 g/mol. The SMILES string of the molecule is Fc1cccc(-c2cc3nc(-c4ccccc4)cc(NCCCN4CCOCC4)n3n2)c1. The molecular formula is C25H26FN5O. The van der Waals surface area contributed by atoms with Gasteiger partial charge in [-0.25, -0.2) is 9.37 Å². The number of hydrogen-bond acceptors (Lipinski definition) is 5. The van der Waals surface area contributed by atoms with Crippen LogP contribution in [0, 0.1) is 5.82 Å². The number of ether oxygens (including phenoxy) is 1. The maximum atomic E-state index is 13.8. The summed E-state index contributed by atoms with van der Waals surface area (Å²) >= 11 is 0. The van der Waals surface area contributed by atoms with Gasteiger partial charge in [0, 0.05) is 42.9 Å². The van der Waals surface area contributed by atoms with E-state index in [1.54, 1.807) is 10.6 Å². The fourth-order valence-electron chi connectivity index (χ4n) is 3.99. The van der Waals surface area contributed by atoms with Gasteiger partial charge in [-0.1, -0.05) is 42.5 Å². The largest absolute Gasteiger partial charge is 0.379 e. The van der Waals surface area contributed by atoms with E-state index in [2.05, 4.69) is 10.2 Å². The van der Waals surface area contributed by atoms with Gasteiger partial charge in [0.15, 0.2) is 5.65 Å². The molecule has 2 aromatic heterocycles. The Morgan fingerprint density at radius 3 is 2.53 bits per heavy atom. The van der Waals surface area contributed by atoms with Gasteiger partial charge >= 0.3 is 0 Å². The number of benzene rings is 2. The Labute approximate surface area is 186 Å². The molecule has 2 aromatic carbocycles. The first-order valence-electron chi connectivity index (χ1n) is 11.0. The Morgan fingerprint density at radius 1 is 0.906 bits per heavy atom. The van der Waals surface area contributed by atoms with Gasteiger partial charge in [0.25, 0.3) is 0 Å². The van der Waals surface area contributed by atoms with E-state index in [0.717, 1.165) is 74.1 Å².